The zero-order chi connectivity index (χ0) is 53.4. The summed E-state index contributed by atoms with van der Waals surface area (Å²) in [6.07, 6.45) is 4.44. The molecule has 2 heterocycles. The van der Waals surface area contributed by atoms with Gasteiger partial charge in [-0.2, -0.15) is 0 Å². The number of nitrogens with zero attached hydrogens (tertiary/aromatic N) is 2. The van der Waals surface area contributed by atoms with E-state index in [-0.39, 0.29) is 10.8 Å². The Morgan fingerprint density at radius 2 is 0.662 bits per heavy atom. The van der Waals surface area contributed by atoms with E-state index in [9.17, 15) is 0 Å². The Balaban J connectivity index is 0.650. The van der Waals surface area contributed by atoms with Crippen LogP contribution in [0.4, 0.5) is 0 Å². The summed E-state index contributed by atoms with van der Waals surface area (Å²) in [6.45, 7) is 9.66. The summed E-state index contributed by atoms with van der Waals surface area (Å²) >= 11 is 0. The third kappa shape index (κ3) is 7.05. The van der Waals surface area contributed by atoms with Crippen molar-refractivity contribution >= 4 is 66.5 Å². The first-order chi connectivity index (χ1) is 39.1. The lowest BCUT2D eigenvalue weighted by molar-refractivity contribution is 0.652. The van der Waals surface area contributed by atoms with E-state index in [0.717, 1.165) is 0 Å². The van der Waals surface area contributed by atoms with Gasteiger partial charge in [-0.25, -0.2) is 0 Å². The third-order valence-corrected chi connectivity index (χ3v) is 18.1. The highest BCUT2D eigenvalue weighted by Gasteiger charge is 2.42. The molecule has 0 radical (unpaired) electrons. The molecule has 0 bridgehead atoms. The Morgan fingerprint density at radius 1 is 0.263 bits per heavy atom. The number of hydrogen-bond donors (Lipinski definition) is 0. The SMILES string of the molecule is CC1(C)c2cc(-c3ccc(C=Cc4ccc(-c5ccc6c(c5)c5ccccc5n6-c5ccccc5)cc4)cc3)ccc2-c2cc3c(cc21)-c1ccc(-c2ccc4c(c2)c2ccccc2n4-c2ccc4ccccc4c2)cc1C3(C)C. The smallest absolute Gasteiger partial charge is 0.0541 e. The molecular weight excluding hydrogens is 965 g/mol. The van der Waals surface area contributed by atoms with Crippen LogP contribution < -0.4 is 0 Å². The molecule has 0 saturated carbocycles. The molecule has 2 aromatic heterocycles. The quantitative estimate of drug-likeness (QED) is 0.141. The van der Waals surface area contributed by atoms with Crippen LogP contribution in [0.25, 0.3) is 134 Å². The van der Waals surface area contributed by atoms with Gasteiger partial charge in [0.15, 0.2) is 0 Å². The summed E-state index contributed by atoms with van der Waals surface area (Å²) in [4.78, 5) is 0. The first-order valence-corrected chi connectivity index (χ1v) is 28.1. The Kier molecular flexibility index (Phi) is 10.1. The monoisotopic (exact) mass is 1020 g/mol. The minimum Gasteiger partial charge on any atom is -0.309 e. The molecule has 2 aliphatic rings. The molecule has 2 heteroatoms. The highest BCUT2D eigenvalue weighted by molar-refractivity contribution is 6.12. The van der Waals surface area contributed by atoms with Crippen molar-refractivity contribution in [3.63, 3.8) is 0 Å². The van der Waals surface area contributed by atoms with Crippen molar-refractivity contribution in [3.8, 4) is 67.0 Å². The van der Waals surface area contributed by atoms with Crippen LogP contribution in [-0.2, 0) is 10.8 Å². The molecule has 0 N–H and O–H groups in total. The van der Waals surface area contributed by atoms with Crippen LogP contribution in [0.2, 0.25) is 0 Å². The van der Waals surface area contributed by atoms with Crippen LogP contribution in [0.3, 0.4) is 0 Å². The maximum absolute atomic E-state index is 2.53. The van der Waals surface area contributed by atoms with Crippen molar-refractivity contribution in [3.05, 3.63) is 288 Å². The summed E-state index contributed by atoms with van der Waals surface area (Å²) in [6, 6.07) is 95.0. The predicted molar refractivity (Wildman–Crippen MR) is 339 cm³/mol. The highest BCUT2D eigenvalue weighted by atomic mass is 15.0. The largest absolute Gasteiger partial charge is 0.309 e. The normalized spacial score (nSPS) is 13.9. The molecule has 2 nitrogen and oxygen atoms in total. The molecule has 0 fully saturated rings. The third-order valence-electron chi connectivity index (χ3n) is 18.1. The molecule has 0 aliphatic heterocycles. The minimum atomic E-state index is -0.165. The number of rotatable bonds is 7. The van der Waals surface area contributed by atoms with Crippen molar-refractivity contribution in [2.75, 3.05) is 0 Å². The van der Waals surface area contributed by atoms with E-state index >= 15 is 0 Å². The lowest BCUT2D eigenvalue weighted by Crippen LogP contribution is -2.17. The fraction of sp³-hybridized carbons (Fsp3) is 0.0769. The average molecular weight is 1020 g/mol. The van der Waals surface area contributed by atoms with Crippen LogP contribution in [-0.4, -0.2) is 9.13 Å². The summed E-state index contributed by atoms with van der Waals surface area (Å²) in [7, 11) is 0. The second kappa shape index (κ2) is 17.4. The van der Waals surface area contributed by atoms with Crippen LogP contribution in [0.5, 0.6) is 0 Å². The van der Waals surface area contributed by atoms with Gasteiger partial charge < -0.3 is 9.13 Å². The van der Waals surface area contributed by atoms with E-state index in [1.54, 1.807) is 0 Å². The van der Waals surface area contributed by atoms with E-state index in [1.807, 2.05) is 0 Å². The van der Waals surface area contributed by atoms with E-state index in [4.69, 9.17) is 0 Å². The van der Waals surface area contributed by atoms with Gasteiger partial charge in [-0.05, 0) is 185 Å². The van der Waals surface area contributed by atoms with Gasteiger partial charge in [0, 0.05) is 43.7 Å². The van der Waals surface area contributed by atoms with E-state index < -0.39 is 0 Å². The number of aromatic nitrogens is 2. The zero-order valence-corrected chi connectivity index (χ0v) is 45.3. The molecule has 14 aromatic rings. The Morgan fingerprint density at radius 3 is 1.21 bits per heavy atom. The van der Waals surface area contributed by atoms with Crippen molar-refractivity contribution in [1.82, 2.24) is 9.13 Å². The summed E-state index contributed by atoms with van der Waals surface area (Å²) in [5.41, 5.74) is 27.7. The van der Waals surface area contributed by atoms with E-state index in [0.29, 0.717) is 0 Å². The van der Waals surface area contributed by atoms with Gasteiger partial charge in [0.1, 0.15) is 0 Å². The molecule has 0 amide bonds. The van der Waals surface area contributed by atoms with E-state index in [2.05, 4.69) is 304 Å². The standard InChI is InChI=1S/C78H56N2/c1-77(2)69-45-57(53-30-26-50(27-31-53)23-22-49-24-28-52(29-25-49)55-35-40-75-67(43-55)63-18-10-12-20-73(63)79(75)59-16-6-5-7-17-59)33-38-61(69)65-47-72-66(48-71(65)77)62-39-34-58(46-70(62)78(72,3)4)56-36-41-76-68(44-56)64-19-11-13-21-74(64)80(76)60-37-32-51-14-8-9-15-54(51)42-60/h5-48H,1-4H3. The fourth-order valence-corrected chi connectivity index (χ4v) is 13.8. The molecule has 80 heavy (non-hydrogen) atoms. The molecule has 378 valence electrons. The van der Waals surface area contributed by atoms with Crippen molar-refractivity contribution in [1.29, 1.82) is 0 Å². The molecule has 12 aromatic carbocycles. The zero-order valence-electron chi connectivity index (χ0n) is 45.3. The van der Waals surface area contributed by atoms with Gasteiger partial charge >= 0.3 is 0 Å². The molecule has 0 spiro atoms. The molecular formula is C78H56N2. The van der Waals surface area contributed by atoms with Gasteiger partial charge in [-0.3, -0.25) is 0 Å². The number of fused-ring (bicyclic) bond motifs is 13. The second-order valence-electron chi connectivity index (χ2n) is 23.3. The van der Waals surface area contributed by atoms with Gasteiger partial charge in [0.2, 0.25) is 0 Å². The predicted octanol–water partition coefficient (Wildman–Crippen LogP) is 20.8. The fourth-order valence-electron chi connectivity index (χ4n) is 13.8. The summed E-state index contributed by atoms with van der Waals surface area (Å²) in [5.74, 6) is 0. The first-order valence-electron chi connectivity index (χ1n) is 28.1. The van der Waals surface area contributed by atoms with Crippen molar-refractivity contribution < 1.29 is 0 Å². The Labute approximate surface area is 466 Å². The Hall–Kier alpha value is -9.76. The topological polar surface area (TPSA) is 9.86 Å². The van der Waals surface area contributed by atoms with Crippen LogP contribution >= 0.6 is 0 Å². The van der Waals surface area contributed by atoms with Gasteiger partial charge in [0.05, 0.1) is 22.1 Å². The molecule has 2 aliphatic carbocycles. The molecule has 16 rings (SSSR count). The molecule has 0 atom stereocenters. The van der Waals surface area contributed by atoms with Gasteiger partial charge in [-0.1, -0.05) is 210 Å². The molecule has 0 saturated heterocycles. The maximum atomic E-state index is 2.53. The minimum absolute atomic E-state index is 0.155. The number of hydrogen-bond acceptors (Lipinski definition) is 0. The molecule has 0 unspecified atom stereocenters. The second-order valence-corrected chi connectivity index (χ2v) is 23.3. The van der Waals surface area contributed by atoms with Gasteiger partial charge in [0.25, 0.3) is 0 Å². The highest BCUT2D eigenvalue weighted by Crippen LogP contribution is 2.57. The summed E-state index contributed by atoms with van der Waals surface area (Å²) < 4.78 is 4.79. The average Bonchev–Trinajstić information content (AvgIpc) is 4.21. The maximum Gasteiger partial charge on any atom is 0.0541 e. The number of para-hydroxylation sites is 3. The first kappa shape index (κ1) is 46.3. The van der Waals surface area contributed by atoms with Crippen molar-refractivity contribution in [2.24, 2.45) is 0 Å². The summed E-state index contributed by atoms with van der Waals surface area (Å²) in [5, 5.41) is 7.58. The Bertz CT molecular complexity index is 4900. The lowest BCUT2D eigenvalue weighted by Gasteiger charge is -2.24. The van der Waals surface area contributed by atoms with Gasteiger partial charge in [-0.15, -0.1) is 0 Å². The van der Waals surface area contributed by atoms with Crippen LogP contribution in [0.1, 0.15) is 61.1 Å². The lowest BCUT2D eigenvalue weighted by atomic mass is 9.79. The van der Waals surface area contributed by atoms with Crippen molar-refractivity contribution in [2.45, 2.75) is 38.5 Å². The number of benzene rings is 12. The van der Waals surface area contributed by atoms with Crippen LogP contribution in [0, 0.1) is 0 Å². The van der Waals surface area contributed by atoms with Crippen LogP contribution in [0.15, 0.2) is 255 Å². The van der Waals surface area contributed by atoms with E-state index in [1.165, 1.54) is 155 Å².